The number of carbonyl (C=O) groups is 1. The van der Waals surface area contributed by atoms with Crippen LogP contribution in [0.5, 0.6) is 5.75 Å². The molecule has 126 valence electrons. The molecule has 1 aromatic heterocycles. The summed E-state index contributed by atoms with van der Waals surface area (Å²) in [6, 6.07) is 7.28. The number of nitrogens with zero attached hydrogens (tertiary/aromatic N) is 2. The van der Waals surface area contributed by atoms with Crippen LogP contribution in [0.1, 0.15) is 12.5 Å². The molecular weight excluding hydrogens is 334 g/mol. The number of ether oxygens (including phenoxy) is 1. The van der Waals surface area contributed by atoms with Gasteiger partial charge in [-0.15, -0.1) is 0 Å². The predicted octanol–water partition coefficient (Wildman–Crippen LogP) is 0.0993. The second kappa shape index (κ2) is 8.67. The van der Waals surface area contributed by atoms with E-state index in [9.17, 15) is 14.4 Å². The zero-order valence-corrected chi connectivity index (χ0v) is 13.6. The number of thioether (sulfide) groups is 1. The van der Waals surface area contributed by atoms with Gasteiger partial charge in [-0.1, -0.05) is 23.9 Å². The molecule has 0 unspecified atom stereocenters. The van der Waals surface area contributed by atoms with Crippen molar-refractivity contribution in [3.05, 3.63) is 50.7 Å². The first kappa shape index (κ1) is 17.5. The van der Waals surface area contributed by atoms with Gasteiger partial charge in [0.05, 0.1) is 18.6 Å². The molecule has 0 saturated heterocycles. The molecule has 24 heavy (non-hydrogen) atoms. The number of hydrazone groups is 1. The van der Waals surface area contributed by atoms with Crippen molar-refractivity contribution in [2.45, 2.75) is 11.9 Å². The van der Waals surface area contributed by atoms with Crippen LogP contribution in [-0.4, -0.2) is 39.7 Å². The van der Waals surface area contributed by atoms with Crippen LogP contribution in [0, 0.1) is 0 Å². The summed E-state index contributed by atoms with van der Waals surface area (Å²) in [7, 11) is 0. The molecule has 0 saturated carbocycles. The fourth-order valence-electron chi connectivity index (χ4n) is 1.65. The van der Waals surface area contributed by atoms with Gasteiger partial charge in [-0.3, -0.25) is 14.6 Å². The first-order chi connectivity index (χ1) is 11.6. The van der Waals surface area contributed by atoms with Crippen molar-refractivity contribution in [3.8, 4) is 5.75 Å². The minimum absolute atomic E-state index is 0.00424. The topological polar surface area (TPSA) is 129 Å². The van der Waals surface area contributed by atoms with Crippen LogP contribution in [0.25, 0.3) is 0 Å². The van der Waals surface area contributed by atoms with E-state index in [4.69, 9.17) is 4.74 Å². The van der Waals surface area contributed by atoms with E-state index in [1.165, 1.54) is 6.21 Å². The van der Waals surface area contributed by atoms with E-state index in [-0.39, 0.29) is 10.8 Å². The summed E-state index contributed by atoms with van der Waals surface area (Å²) in [5, 5.41) is 9.49. The Morgan fingerprint density at radius 3 is 2.96 bits per heavy atom. The number of carbonyl (C=O) groups excluding carboxylic acids is 1. The number of aromatic amines is 2. The maximum atomic E-state index is 11.7. The lowest BCUT2D eigenvalue weighted by atomic mass is 10.2. The highest BCUT2D eigenvalue weighted by Crippen LogP contribution is 2.15. The fraction of sp³-hybridized carbons (Fsp3) is 0.214. The molecule has 1 amide bonds. The Morgan fingerprint density at radius 1 is 1.42 bits per heavy atom. The third-order valence-corrected chi connectivity index (χ3v) is 3.59. The lowest BCUT2D eigenvalue weighted by Crippen LogP contribution is -2.26. The molecule has 2 rings (SSSR count). The Balaban J connectivity index is 1.89. The Morgan fingerprint density at radius 2 is 2.21 bits per heavy atom. The molecule has 0 fully saturated rings. The van der Waals surface area contributed by atoms with Gasteiger partial charge < -0.3 is 4.74 Å². The van der Waals surface area contributed by atoms with Gasteiger partial charge in [0.1, 0.15) is 5.75 Å². The summed E-state index contributed by atoms with van der Waals surface area (Å²) in [6.07, 6.45) is 1.47. The van der Waals surface area contributed by atoms with Gasteiger partial charge in [0.25, 0.3) is 5.56 Å². The Labute approximate surface area is 140 Å². The number of aromatic nitrogens is 3. The number of benzene rings is 1. The first-order valence-electron chi connectivity index (χ1n) is 6.95. The largest absolute Gasteiger partial charge is 0.493 e. The van der Waals surface area contributed by atoms with Gasteiger partial charge in [-0.05, 0) is 19.1 Å². The van der Waals surface area contributed by atoms with Gasteiger partial charge in [0, 0.05) is 5.56 Å². The highest BCUT2D eigenvalue weighted by molar-refractivity contribution is 7.99. The number of rotatable bonds is 7. The molecule has 0 aliphatic rings. The number of amides is 1. The van der Waals surface area contributed by atoms with Crippen LogP contribution in [0.15, 0.2) is 44.0 Å². The van der Waals surface area contributed by atoms with Crippen LogP contribution < -0.4 is 21.4 Å². The van der Waals surface area contributed by atoms with E-state index in [1.54, 1.807) is 12.1 Å². The number of H-pyrrole nitrogens is 2. The summed E-state index contributed by atoms with van der Waals surface area (Å²) in [6.45, 7) is 2.40. The van der Waals surface area contributed by atoms with E-state index < -0.39 is 17.2 Å². The quantitative estimate of drug-likeness (QED) is 0.369. The van der Waals surface area contributed by atoms with Crippen molar-refractivity contribution in [3.63, 3.8) is 0 Å². The summed E-state index contributed by atoms with van der Waals surface area (Å²) in [5.41, 5.74) is 1.72. The van der Waals surface area contributed by atoms with E-state index in [0.29, 0.717) is 12.4 Å². The highest BCUT2D eigenvalue weighted by atomic mass is 32.2. The molecule has 0 bridgehead atoms. The summed E-state index contributed by atoms with van der Waals surface area (Å²) in [4.78, 5) is 36.0. The molecule has 0 radical (unpaired) electrons. The normalized spacial score (nSPS) is 10.7. The van der Waals surface area contributed by atoms with Crippen molar-refractivity contribution in [2.75, 3.05) is 12.4 Å². The monoisotopic (exact) mass is 349 g/mol. The van der Waals surface area contributed by atoms with E-state index >= 15 is 0 Å². The van der Waals surface area contributed by atoms with Gasteiger partial charge in [0.15, 0.2) is 5.03 Å². The summed E-state index contributed by atoms with van der Waals surface area (Å²) in [5.74, 6) is 0.168. The van der Waals surface area contributed by atoms with E-state index in [1.807, 2.05) is 24.0 Å². The number of nitrogens with one attached hydrogen (secondary N) is 3. The zero-order valence-electron chi connectivity index (χ0n) is 12.7. The zero-order chi connectivity index (χ0) is 17.4. The van der Waals surface area contributed by atoms with Crippen LogP contribution in [0.4, 0.5) is 0 Å². The Kier molecular flexibility index (Phi) is 6.32. The van der Waals surface area contributed by atoms with Gasteiger partial charge in [-0.25, -0.2) is 15.3 Å². The molecule has 0 spiro atoms. The van der Waals surface area contributed by atoms with E-state index in [2.05, 4.69) is 20.7 Å². The van der Waals surface area contributed by atoms with Crippen molar-refractivity contribution >= 4 is 23.9 Å². The Bertz CT molecular complexity index is 845. The summed E-state index contributed by atoms with van der Waals surface area (Å²) >= 11 is 0.886. The lowest BCUT2D eigenvalue weighted by Gasteiger charge is -2.05. The minimum Gasteiger partial charge on any atom is -0.493 e. The van der Waals surface area contributed by atoms with Crippen LogP contribution in [0.3, 0.4) is 0 Å². The number of para-hydroxylation sites is 1. The lowest BCUT2D eigenvalue weighted by molar-refractivity contribution is -0.118. The average molecular weight is 349 g/mol. The number of hydrogen-bond donors (Lipinski definition) is 3. The second-order valence-electron chi connectivity index (χ2n) is 4.36. The summed E-state index contributed by atoms with van der Waals surface area (Å²) < 4.78 is 5.44. The predicted molar refractivity (Wildman–Crippen MR) is 89.6 cm³/mol. The first-order valence-corrected chi connectivity index (χ1v) is 7.94. The van der Waals surface area contributed by atoms with Gasteiger partial charge in [0.2, 0.25) is 5.91 Å². The maximum Gasteiger partial charge on any atom is 0.342 e. The van der Waals surface area contributed by atoms with Crippen molar-refractivity contribution in [2.24, 2.45) is 5.10 Å². The standard InChI is InChI=1S/C14H15N5O4S/c1-2-23-10-6-4-3-5-9(10)7-15-17-11(20)8-24-13-12(21)16-14(22)19-18-13/h3-7H,2,8H2,1H3,(H,17,20)(H2,16,19,21,22)/b15-7-. The third kappa shape index (κ3) is 5.09. The van der Waals surface area contributed by atoms with Crippen LogP contribution in [0.2, 0.25) is 0 Å². The maximum absolute atomic E-state index is 11.7. The smallest absolute Gasteiger partial charge is 0.342 e. The Hall–Kier alpha value is -2.88. The molecule has 1 aromatic carbocycles. The molecule has 0 aliphatic heterocycles. The minimum atomic E-state index is -0.702. The molecule has 0 aliphatic carbocycles. The molecule has 9 nitrogen and oxygen atoms in total. The van der Waals surface area contributed by atoms with Crippen molar-refractivity contribution in [1.29, 1.82) is 0 Å². The second-order valence-corrected chi connectivity index (χ2v) is 5.33. The highest BCUT2D eigenvalue weighted by Gasteiger charge is 2.07. The molecule has 2 aromatic rings. The molecule has 10 heteroatoms. The molecular formula is C14H15N5O4S. The van der Waals surface area contributed by atoms with Gasteiger partial charge in [-0.2, -0.15) is 10.2 Å². The van der Waals surface area contributed by atoms with Crippen LogP contribution in [-0.2, 0) is 4.79 Å². The third-order valence-electron chi connectivity index (χ3n) is 2.63. The molecule has 1 heterocycles. The van der Waals surface area contributed by atoms with Gasteiger partial charge >= 0.3 is 5.69 Å². The van der Waals surface area contributed by atoms with E-state index in [0.717, 1.165) is 17.3 Å². The SMILES string of the molecule is CCOc1ccccc1/C=N\NC(=O)CSc1n[nH]c(=O)[nH]c1=O. The average Bonchev–Trinajstić information content (AvgIpc) is 2.56. The number of hydrogen-bond acceptors (Lipinski definition) is 7. The molecule has 0 atom stereocenters. The van der Waals surface area contributed by atoms with Crippen LogP contribution >= 0.6 is 11.8 Å². The fourth-order valence-corrected chi connectivity index (χ4v) is 2.27. The van der Waals surface area contributed by atoms with Crippen molar-refractivity contribution in [1.82, 2.24) is 20.6 Å². The molecule has 3 N–H and O–H groups in total. The van der Waals surface area contributed by atoms with Crippen molar-refractivity contribution < 1.29 is 9.53 Å².